The minimum absolute atomic E-state index is 0.0464. The maximum absolute atomic E-state index is 13.2. The molecule has 1 aliphatic rings. The second kappa shape index (κ2) is 7.78. The van der Waals surface area contributed by atoms with Gasteiger partial charge in [0, 0.05) is 37.3 Å². The Kier molecular flexibility index (Phi) is 5.62. The highest BCUT2D eigenvalue weighted by molar-refractivity contribution is 5.79. The molecule has 27 heavy (non-hydrogen) atoms. The van der Waals surface area contributed by atoms with Crippen LogP contribution in [0.5, 0.6) is 0 Å². The van der Waals surface area contributed by atoms with E-state index in [4.69, 9.17) is 0 Å². The molecule has 2 atom stereocenters. The van der Waals surface area contributed by atoms with Crippen molar-refractivity contribution in [1.82, 2.24) is 14.7 Å². The van der Waals surface area contributed by atoms with Crippen LogP contribution in [0, 0.1) is 18.2 Å². The molecule has 0 unspecified atom stereocenters. The molecule has 6 nitrogen and oxygen atoms in total. The van der Waals surface area contributed by atoms with E-state index in [1.54, 1.807) is 21.7 Å². The summed E-state index contributed by atoms with van der Waals surface area (Å²) in [6, 6.07) is 6.03. The van der Waals surface area contributed by atoms with E-state index in [-0.39, 0.29) is 31.3 Å². The number of aromatic nitrogens is 2. The van der Waals surface area contributed by atoms with Gasteiger partial charge in [-0.1, -0.05) is 12.1 Å². The molecular formula is C20H26FN3O3. The monoisotopic (exact) mass is 375 g/mol. The largest absolute Gasteiger partial charge is 0.396 e. The van der Waals surface area contributed by atoms with Crippen molar-refractivity contribution in [2.45, 2.75) is 32.3 Å². The third-order valence-corrected chi connectivity index (χ3v) is 5.48. The van der Waals surface area contributed by atoms with Gasteiger partial charge in [-0.15, -0.1) is 0 Å². The van der Waals surface area contributed by atoms with Crippen molar-refractivity contribution in [3.63, 3.8) is 0 Å². The predicted octanol–water partition coefficient (Wildman–Crippen LogP) is 1.22. The number of amides is 1. The summed E-state index contributed by atoms with van der Waals surface area (Å²) in [6.07, 6.45) is 2.13. The van der Waals surface area contributed by atoms with Gasteiger partial charge in [-0.25, -0.2) is 4.39 Å². The zero-order chi connectivity index (χ0) is 19.6. The summed E-state index contributed by atoms with van der Waals surface area (Å²) in [5.41, 5.74) is 1.67. The lowest BCUT2D eigenvalue weighted by Crippen LogP contribution is -2.56. The Hall–Kier alpha value is -2.25. The van der Waals surface area contributed by atoms with Gasteiger partial charge < -0.3 is 15.1 Å². The zero-order valence-electron chi connectivity index (χ0n) is 15.7. The Bertz CT molecular complexity index is 805. The molecule has 7 heteroatoms. The summed E-state index contributed by atoms with van der Waals surface area (Å²) in [4.78, 5) is 14.5. The standard InChI is InChI=1S/C20H26FN3O3/c1-14-16(11-23(2)22-14)9-19(27)24-8-7-18(26)20(12-24,13-25)10-15-3-5-17(21)6-4-15/h3-6,11,18,25-26H,7-10,12-13H2,1-2H3/t18-,20-/m0/s1. The molecule has 1 aliphatic heterocycles. The van der Waals surface area contributed by atoms with E-state index in [9.17, 15) is 19.4 Å². The van der Waals surface area contributed by atoms with Gasteiger partial charge in [0.15, 0.2) is 0 Å². The molecule has 0 spiro atoms. The fourth-order valence-corrected chi connectivity index (χ4v) is 3.85. The second-order valence-electron chi connectivity index (χ2n) is 7.53. The molecule has 146 valence electrons. The Morgan fingerprint density at radius 2 is 2.07 bits per heavy atom. The number of aryl methyl sites for hydroxylation is 2. The number of benzene rings is 1. The lowest BCUT2D eigenvalue weighted by molar-refractivity contribution is -0.141. The lowest BCUT2D eigenvalue weighted by atomic mass is 9.73. The smallest absolute Gasteiger partial charge is 0.227 e. The van der Waals surface area contributed by atoms with E-state index in [0.717, 1.165) is 16.8 Å². The van der Waals surface area contributed by atoms with Crippen LogP contribution in [0.25, 0.3) is 0 Å². The van der Waals surface area contributed by atoms with Crippen molar-refractivity contribution >= 4 is 5.91 Å². The van der Waals surface area contributed by atoms with Gasteiger partial charge in [-0.3, -0.25) is 9.48 Å². The number of hydrogen-bond donors (Lipinski definition) is 2. The lowest BCUT2D eigenvalue weighted by Gasteiger charge is -2.45. The molecule has 0 bridgehead atoms. The number of piperidine rings is 1. The van der Waals surface area contributed by atoms with Crippen LogP contribution in [0.4, 0.5) is 4.39 Å². The van der Waals surface area contributed by atoms with Crippen LogP contribution in [0.1, 0.15) is 23.2 Å². The number of nitrogens with zero attached hydrogens (tertiary/aromatic N) is 3. The number of aliphatic hydroxyl groups is 2. The van der Waals surface area contributed by atoms with Gasteiger partial charge in [0.05, 0.1) is 24.8 Å². The van der Waals surface area contributed by atoms with E-state index in [2.05, 4.69) is 5.10 Å². The Morgan fingerprint density at radius 1 is 1.37 bits per heavy atom. The molecule has 3 rings (SSSR count). The van der Waals surface area contributed by atoms with Crippen molar-refractivity contribution < 1.29 is 19.4 Å². The number of carbonyl (C=O) groups excluding carboxylic acids is 1. The molecule has 2 aromatic rings. The number of likely N-dealkylation sites (tertiary alicyclic amines) is 1. The molecule has 2 heterocycles. The van der Waals surface area contributed by atoms with Gasteiger partial charge in [0.2, 0.25) is 5.91 Å². The van der Waals surface area contributed by atoms with Gasteiger partial charge in [0.1, 0.15) is 5.82 Å². The van der Waals surface area contributed by atoms with E-state index in [1.165, 1.54) is 12.1 Å². The normalized spacial score (nSPS) is 22.9. The first-order chi connectivity index (χ1) is 12.8. The summed E-state index contributed by atoms with van der Waals surface area (Å²) in [7, 11) is 1.82. The third-order valence-electron chi connectivity index (χ3n) is 5.48. The van der Waals surface area contributed by atoms with Crippen molar-refractivity contribution in [2.24, 2.45) is 12.5 Å². The van der Waals surface area contributed by atoms with E-state index in [1.807, 2.05) is 20.2 Å². The first-order valence-corrected chi connectivity index (χ1v) is 9.13. The summed E-state index contributed by atoms with van der Waals surface area (Å²) in [5, 5.41) is 24.9. The first-order valence-electron chi connectivity index (χ1n) is 9.13. The van der Waals surface area contributed by atoms with Crippen LogP contribution in [0.2, 0.25) is 0 Å². The number of halogens is 1. The maximum Gasteiger partial charge on any atom is 0.227 e. The minimum atomic E-state index is -0.851. The van der Waals surface area contributed by atoms with Crippen molar-refractivity contribution in [1.29, 1.82) is 0 Å². The molecule has 1 saturated heterocycles. The number of hydrogen-bond acceptors (Lipinski definition) is 4. The number of aliphatic hydroxyl groups excluding tert-OH is 2. The Labute approximate surface area is 158 Å². The predicted molar refractivity (Wildman–Crippen MR) is 98.5 cm³/mol. The van der Waals surface area contributed by atoms with E-state index < -0.39 is 11.5 Å². The molecule has 1 fully saturated rings. The molecule has 0 radical (unpaired) electrons. The quantitative estimate of drug-likeness (QED) is 0.824. The Balaban J connectivity index is 1.75. The third kappa shape index (κ3) is 4.20. The summed E-state index contributed by atoms with van der Waals surface area (Å²) in [6.45, 7) is 2.33. The fraction of sp³-hybridized carbons (Fsp3) is 0.500. The summed E-state index contributed by atoms with van der Waals surface area (Å²) in [5.74, 6) is -0.375. The first kappa shape index (κ1) is 19.5. The average Bonchev–Trinajstić information content (AvgIpc) is 2.96. The van der Waals surface area contributed by atoms with Crippen LogP contribution in [-0.4, -0.2) is 56.6 Å². The Morgan fingerprint density at radius 3 is 2.67 bits per heavy atom. The molecule has 1 aromatic heterocycles. The summed E-state index contributed by atoms with van der Waals surface area (Å²) >= 11 is 0. The van der Waals surface area contributed by atoms with Crippen LogP contribution < -0.4 is 0 Å². The van der Waals surface area contributed by atoms with Gasteiger partial charge in [-0.05, 0) is 37.5 Å². The topological polar surface area (TPSA) is 78.6 Å². The van der Waals surface area contributed by atoms with Gasteiger partial charge in [-0.2, -0.15) is 5.10 Å². The maximum atomic E-state index is 13.2. The highest BCUT2D eigenvalue weighted by Gasteiger charge is 2.43. The minimum Gasteiger partial charge on any atom is -0.396 e. The zero-order valence-corrected chi connectivity index (χ0v) is 15.7. The number of rotatable bonds is 5. The highest BCUT2D eigenvalue weighted by atomic mass is 19.1. The molecule has 0 aliphatic carbocycles. The van der Waals surface area contributed by atoms with E-state index in [0.29, 0.717) is 19.4 Å². The van der Waals surface area contributed by atoms with Crippen LogP contribution >= 0.6 is 0 Å². The highest BCUT2D eigenvalue weighted by Crippen LogP contribution is 2.34. The van der Waals surface area contributed by atoms with Gasteiger partial charge >= 0.3 is 0 Å². The van der Waals surface area contributed by atoms with Crippen LogP contribution in [0.15, 0.2) is 30.5 Å². The molecule has 2 N–H and O–H groups in total. The van der Waals surface area contributed by atoms with E-state index >= 15 is 0 Å². The average molecular weight is 375 g/mol. The van der Waals surface area contributed by atoms with Crippen LogP contribution in [0.3, 0.4) is 0 Å². The van der Waals surface area contributed by atoms with Crippen molar-refractivity contribution in [3.8, 4) is 0 Å². The number of carbonyl (C=O) groups is 1. The summed E-state index contributed by atoms with van der Waals surface area (Å²) < 4.78 is 14.9. The van der Waals surface area contributed by atoms with Gasteiger partial charge in [0.25, 0.3) is 0 Å². The molecular weight excluding hydrogens is 349 g/mol. The fourth-order valence-electron chi connectivity index (χ4n) is 3.85. The second-order valence-corrected chi connectivity index (χ2v) is 7.53. The van der Waals surface area contributed by atoms with Crippen molar-refractivity contribution in [2.75, 3.05) is 19.7 Å². The molecule has 1 amide bonds. The SMILES string of the molecule is Cc1nn(C)cc1CC(=O)N1CC[C@H](O)[C@@](CO)(Cc2ccc(F)cc2)C1. The van der Waals surface area contributed by atoms with Crippen LogP contribution in [-0.2, 0) is 24.7 Å². The van der Waals surface area contributed by atoms with Crippen molar-refractivity contribution in [3.05, 3.63) is 53.1 Å². The molecule has 0 saturated carbocycles. The molecule has 1 aromatic carbocycles.